The van der Waals surface area contributed by atoms with Gasteiger partial charge in [0.25, 0.3) is 0 Å². The molecule has 0 aliphatic heterocycles. The molecule has 0 aliphatic carbocycles. The first kappa shape index (κ1) is 14.8. The van der Waals surface area contributed by atoms with E-state index in [1.807, 2.05) is 0 Å². The van der Waals surface area contributed by atoms with Gasteiger partial charge in [0.15, 0.2) is 18.1 Å². The maximum Gasteiger partial charge on any atom is 0.344 e. The van der Waals surface area contributed by atoms with E-state index in [-0.39, 0.29) is 12.7 Å². The minimum Gasteiger partial charge on any atom is -0.493 e. The highest BCUT2D eigenvalue weighted by molar-refractivity contribution is 5.80. The van der Waals surface area contributed by atoms with Crippen molar-refractivity contribution >= 4 is 12.2 Å². The van der Waals surface area contributed by atoms with Gasteiger partial charge < -0.3 is 20.1 Å². The fraction of sp³-hybridized carbons (Fsp3) is 0.385. The molecule has 0 bridgehead atoms. The van der Waals surface area contributed by atoms with Crippen molar-refractivity contribution in [2.75, 3.05) is 13.7 Å². The van der Waals surface area contributed by atoms with Crippen molar-refractivity contribution in [1.82, 2.24) is 0 Å². The molecule has 19 heavy (non-hydrogen) atoms. The molecule has 0 aromatic heterocycles. The summed E-state index contributed by atoms with van der Waals surface area (Å²) in [5, 5.41) is 3.42. The molecular weight excluding hydrogens is 248 g/mol. The molecule has 1 rings (SSSR count). The van der Waals surface area contributed by atoms with Gasteiger partial charge in [-0.2, -0.15) is 5.10 Å². The van der Waals surface area contributed by atoms with Crippen molar-refractivity contribution in [3.05, 3.63) is 23.8 Å². The van der Waals surface area contributed by atoms with Gasteiger partial charge >= 0.3 is 5.97 Å². The summed E-state index contributed by atoms with van der Waals surface area (Å²) in [6.45, 7) is 3.39. The lowest BCUT2D eigenvalue weighted by Crippen LogP contribution is -2.18. The van der Waals surface area contributed by atoms with Crippen LogP contribution in [0.2, 0.25) is 0 Å². The lowest BCUT2D eigenvalue weighted by atomic mass is 10.2. The number of nitrogens with zero attached hydrogens (tertiary/aromatic N) is 1. The van der Waals surface area contributed by atoms with Crippen molar-refractivity contribution < 1.29 is 19.0 Å². The van der Waals surface area contributed by atoms with Crippen LogP contribution in [0.4, 0.5) is 0 Å². The van der Waals surface area contributed by atoms with Crippen LogP contribution in [0.15, 0.2) is 23.3 Å². The molecule has 0 saturated heterocycles. The van der Waals surface area contributed by atoms with Gasteiger partial charge in [-0.25, -0.2) is 4.79 Å². The second kappa shape index (κ2) is 7.25. The number of nitrogens with two attached hydrogens (primary N) is 1. The Balaban J connectivity index is 2.70. The number of hydrogen-bond acceptors (Lipinski definition) is 6. The summed E-state index contributed by atoms with van der Waals surface area (Å²) in [6.07, 6.45) is 1.32. The predicted molar refractivity (Wildman–Crippen MR) is 71.5 cm³/mol. The SMILES string of the molecule is COc1cc(C=NN)ccc1OCC(=O)OC(C)C. The fourth-order valence-electron chi connectivity index (χ4n) is 1.40. The van der Waals surface area contributed by atoms with E-state index in [2.05, 4.69) is 5.10 Å². The minimum absolute atomic E-state index is 0.166. The third-order valence-corrected chi connectivity index (χ3v) is 2.12. The highest BCUT2D eigenvalue weighted by Gasteiger charge is 2.10. The summed E-state index contributed by atoms with van der Waals surface area (Å²) in [5.74, 6) is 5.60. The third-order valence-electron chi connectivity index (χ3n) is 2.12. The van der Waals surface area contributed by atoms with Gasteiger partial charge in [-0.3, -0.25) is 0 Å². The van der Waals surface area contributed by atoms with E-state index in [4.69, 9.17) is 20.1 Å². The Morgan fingerprint density at radius 2 is 2.16 bits per heavy atom. The molecule has 0 atom stereocenters. The molecule has 6 nitrogen and oxygen atoms in total. The summed E-state index contributed by atoms with van der Waals surface area (Å²) in [6, 6.07) is 5.14. The van der Waals surface area contributed by atoms with Crippen LogP contribution in [0.25, 0.3) is 0 Å². The first-order valence-corrected chi connectivity index (χ1v) is 5.80. The molecule has 0 aliphatic rings. The van der Waals surface area contributed by atoms with Crippen LogP contribution >= 0.6 is 0 Å². The molecule has 0 unspecified atom stereocenters. The van der Waals surface area contributed by atoms with Crippen molar-refractivity contribution in [3.8, 4) is 11.5 Å². The fourth-order valence-corrected chi connectivity index (χ4v) is 1.40. The summed E-state index contributed by atoms with van der Waals surface area (Å²) >= 11 is 0. The number of methoxy groups -OCH3 is 1. The molecule has 0 spiro atoms. The summed E-state index contributed by atoms with van der Waals surface area (Å²) in [4.78, 5) is 11.4. The molecule has 1 aromatic carbocycles. The maximum atomic E-state index is 11.4. The Bertz CT molecular complexity index is 458. The van der Waals surface area contributed by atoms with Crippen LogP contribution in [0.5, 0.6) is 11.5 Å². The molecule has 0 amide bonds. The van der Waals surface area contributed by atoms with Gasteiger partial charge in [-0.1, -0.05) is 0 Å². The normalized spacial score (nSPS) is 10.7. The Labute approximate surface area is 112 Å². The number of carbonyl (C=O) groups excluding carboxylic acids is 1. The molecule has 1 aromatic rings. The van der Waals surface area contributed by atoms with E-state index < -0.39 is 5.97 Å². The molecule has 104 valence electrons. The molecule has 0 radical (unpaired) electrons. The highest BCUT2D eigenvalue weighted by atomic mass is 16.6. The second-order valence-electron chi connectivity index (χ2n) is 4.02. The van der Waals surface area contributed by atoms with Crippen molar-refractivity contribution in [3.63, 3.8) is 0 Å². The molecule has 0 heterocycles. The van der Waals surface area contributed by atoms with Gasteiger partial charge in [0.1, 0.15) is 0 Å². The number of hydrazone groups is 1. The monoisotopic (exact) mass is 266 g/mol. The Morgan fingerprint density at radius 1 is 1.42 bits per heavy atom. The van der Waals surface area contributed by atoms with Gasteiger partial charge in [0.05, 0.1) is 19.4 Å². The van der Waals surface area contributed by atoms with Crippen molar-refractivity contribution in [2.45, 2.75) is 20.0 Å². The molecule has 6 heteroatoms. The molecule has 0 fully saturated rings. The number of esters is 1. The molecular formula is C13H18N2O4. The second-order valence-corrected chi connectivity index (χ2v) is 4.02. The lowest BCUT2D eigenvalue weighted by Gasteiger charge is -2.12. The van der Waals surface area contributed by atoms with E-state index in [1.54, 1.807) is 32.0 Å². The van der Waals surface area contributed by atoms with Crippen LogP contribution in [0.3, 0.4) is 0 Å². The van der Waals surface area contributed by atoms with E-state index in [0.717, 1.165) is 5.56 Å². The number of hydrogen-bond donors (Lipinski definition) is 1. The van der Waals surface area contributed by atoms with Gasteiger partial charge in [0.2, 0.25) is 0 Å². The lowest BCUT2D eigenvalue weighted by molar-refractivity contribution is -0.149. The van der Waals surface area contributed by atoms with Crippen LogP contribution in [0.1, 0.15) is 19.4 Å². The maximum absolute atomic E-state index is 11.4. The average Bonchev–Trinajstić information content (AvgIpc) is 2.36. The van der Waals surface area contributed by atoms with E-state index in [9.17, 15) is 4.79 Å². The van der Waals surface area contributed by atoms with Gasteiger partial charge in [-0.05, 0) is 37.6 Å². The van der Waals surface area contributed by atoms with E-state index in [0.29, 0.717) is 11.5 Å². The number of ether oxygens (including phenoxy) is 3. The summed E-state index contributed by atoms with van der Waals surface area (Å²) < 4.78 is 15.5. The largest absolute Gasteiger partial charge is 0.493 e. The number of rotatable bonds is 6. The average molecular weight is 266 g/mol. The Morgan fingerprint density at radius 3 is 2.74 bits per heavy atom. The van der Waals surface area contributed by atoms with E-state index in [1.165, 1.54) is 13.3 Å². The smallest absolute Gasteiger partial charge is 0.344 e. The third kappa shape index (κ3) is 4.87. The highest BCUT2D eigenvalue weighted by Crippen LogP contribution is 2.27. The topological polar surface area (TPSA) is 83.1 Å². The van der Waals surface area contributed by atoms with Crippen LogP contribution in [0, 0.1) is 0 Å². The van der Waals surface area contributed by atoms with Crippen LogP contribution in [-0.2, 0) is 9.53 Å². The van der Waals surface area contributed by atoms with Gasteiger partial charge in [0, 0.05) is 0 Å². The first-order valence-electron chi connectivity index (χ1n) is 5.80. The molecule has 0 saturated carbocycles. The number of carbonyl (C=O) groups is 1. The van der Waals surface area contributed by atoms with Crippen LogP contribution in [-0.4, -0.2) is 32.0 Å². The number of benzene rings is 1. The predicted octanol–water partition coefficient (Wildman–Crippen LogP) is 1.32. The first-order chi connectivity index (χ1) is 9.06. The van der Waals surface area contributed by atoms with Crippen LogP contribution < -0.4 is 15.3 Å². The molecule has 2 N–H and O–H groups in total. The summed E-state index contributed by atoms with van der Waals surface area (Å²) in [7, 11) is 1.51. The standard InChI is InChI=1S/C13H18N2O4/c1-9(2)19-13(16)8-18-11-5-4-10(7-15-14)6-12(11)17-3/h4-7,9H,8,14H2,1-3H3. The zero-order chi connectivity index (χ0) is 14.3. The summed E-state index contributed by atoms with van der Waals surface area (Å²) in [5.41, 5.74) is 0.774. The van der Waals surface area contributed by atoms with Crippen molar-refractivity contribution in [1.29, 1.82) is 0 Å². The van der Waals surface area contributed by atoms with Crippen molar-refractivity contribution in [2.24, 2.45) is 10.9 Å². The van der Waals surface area contributed by atoms with E-state index >= 15 is 0 Å². The Kier molecular flexibility index (Phi) is 5.66. The zero-order valence-electron chi connectivity index (χ0n) is 11.3. The van der Waals surface area contributed by atoms with Gasteiger partial charge in [-0.15, -0.1) is 0 Å². The Hall–Kier alpha value is -2.24. The minimum atomic E-state index is -0.426. The quantitative estimate of drug-likeness (QED) is 0.363. The zero-order valence-corrected chi connectivity index (χ0v) is 11.3.